The van der Waals surface area contributed by atoms with E-state index in [-0.39, 0.29) is 17.7 Å². The van der Waals surface area contributed by atoms with Crippen LogP contribution in [0.25, 0.3) is 4.96 Å². The third-order valence-corrected chi connectivity index (χ3v) is 3.26. The Morgan fingerprint density at radius 2 is 2.24 bits per heavy atom. The highest BCUT2D eigenvalue weighted by atomic mass is 32.1. The summed E-state index contributed by atoms with van der Waals surface area (Å²) in [5.41, 5.74) is 1.69. The molecule has 3 rings (SSSR count). The molecule has 0 radical (unpaired) electrons. The van der Waals surface area contributed by atoms with Crippen LogP contribution in [0.2, 0.25) is 0 Å². The molecule has 0 spiro atoms. The number of ether oxygens (including phenoxy) is 1. The zero-order chi connectivity index (χ0) is 14.8. The van der Waals surface area contributed by atoms with E-state index in [1.165, 1.54) is 45.9 Å². The lowest BCUT2D eigenvalue weighted by Gasteiger charge is -2.05. The minimum atomic E-state index is -1.09. The first kappa shape index (κ1) is 13.2. The van der Waals surface area contributed by atoms with Crippen LogP contribution in [-0.2, 0) is 6.61 Å². The normalized spacial score (nSPS) is 10.7. The highest BCUT2D eigenvalue weighted by molar-refractivity contribution is 7.14. The Hall–Kier alpha value is -2.81. The third kappa shape index (κ3) is 2.72. The summed E-state index contributed by atoms with van der Waals surface area (Å²) in [5.74, 6) is -0.795. The van der Waals surface area contributed by atoms with Crippen molar-refractivity contribution in [3.05, 3.63) is 51.6 Å². The van der Waals surface area contributed by atoms with Crippen LogP contribution in [0.3, 0.4) is 0 Å². The van der Waals surface area contributed by atoms with Gasteiger partial charge in [0.1, 0.15) is 17.9 Å². The Morgan fingerprint density at radius 3 is 3.05 bits per heavy atom. The predicted octanol–water partition coefficient (Wildman–Crippen LogP) is 0.823. The first-order valence-corrected chi connectivity index (χ1v) is 6.65. The molecule has 0 aliphatic heterocycles. The van der Waals surface area contributed by atoms with Crippen molar-refractivity contribution in [3.63, 3.8) is 0 Å². The van der Waals surface area contributed by atoms with E-state index >= 15 is 0 Å². The molecule has 3 aromatic heterocycles. The van der Waals surface area contributed by atoms with E-state index in [1.807, 2.05) is 0 Å². The van der Waals surface area contributed by atoms with Crippen molar-refractivity contribution in [2.24, 2.45) is 0 Å². The van der Waals surface area contributed by atoms with Gasteiger partial charge in [0.15, 0.2) is 0 Å². The van der Waals surface area contributed by atoms with Crippen molar-refractivity contribution >= 4 is 22.3 Å². The molecular weight excluding hydrogens is 296 g/mol. The van der Waals surface area contributed by atoms with Crippen molar-refractivity contribution in [1.29, 1.82) is 0 Å². The van der Waals surface area contributed by atoms with Crippen molar-refractivity contribution in [2.75, 3.05) is 0 Å². The van der Waals surface area contributed by atoms with Gasteiger partial charge in [-0.3, -0.25) is 9.78 Å². The van der Waals surface area contributed by atoms with Crippen LogP contribution in [0.15, 0.2) is 34.8 Å². The maximum atomic E-state index is 11.7. The predicted molar refractivity (Wildman–Crippen MR) is 72.7 cm³/mol. The van der Waals surface area contributed by atoms with Crippen LogP contribution < -0.4 is 10.3 Å². The molecule has 0 unspecified atom stereocenters. The fourth-order valence-electron chi connectivity index (χ4n) is 1.65. The molecule has 0 aliphatic rings. The second-order valence-corrected chi connectivity index (χ2v) is 4.83. The van der Waals surface area contributed by atoms with E-state index in [0.29, 0.717) is 16.4 Å². The Bertz CT molecular complexity index is 873. The van der Waals surface area contributed by atoms with Crippen molar-refractivity contribution in [1.82, 2.24) is 19.6 Å². The summed E-state index contributed by atoms with van der Waals surface area (Å²) in [6, 6.07) is 2.68. The molecule has 21 heavy (non-hydrogen) atoms. The monoisotopic (exact) mass is 304 g/mol. The zero-order valence-corrected chi connectivity index (χ0v) is 11.3. The number of carboxylic acids is 1. The van der Waals surface area contributed by atoms with E-state index in [0.717, 1.165) is 0 Å². The standard InChI is InChI=1S/C12H8N4O4S/c17-10-2-8(15-12-16(10)14-6-21-12)5-20-9-1-7(11(18)19)3-13-4-9/h1-4,6H,5H2,(H,18,19). The van der Waals surface area contributed by atoms with E-state index in [2.05, 4.69) is 15.1 Å². The van der Waals surface area contributed by atoms with Crippen LogP contribution >= 0.6 is 11.3 Å². The number of hydrogen-bond acceptors (Lipinski definition) is 7. The van der Waals surface area contributed by atoms with Gasteiger partial charge in [0.05, 0.1) is 17.5 Å². The van der Waals surface area contributed by atoms with Crippen molar-refractivity contribution < 1.29 is 14.6 Å². The summed E-state index contributed by atoms with van der Waals surface area (Å²) in [7, 11) is 0. The number of nitrogens with zero attached hydrogens (tertiary/aromatic N) is 4. The first-order chi connectivity index (χ1) is 10.1. The molecule has 0 amide bonds. The van der Waals surface area contributed by atoms with Gasteiger partial charge < -0.3 is 9.84 Å². The smallest absolute Gasteiger partial charge is 0.337 e. The van der Waals surface area contributed by atoms with E-state index < -0.39 is 5.97 Å². The maximum Gasteiger partial charge on any atom is 0.337 e. The van der Waals surface area contributed by atoms with Crippen molar-refractivity contribution in [2.45, 2.75) is 6.61 Å². The van der Waals surface area contributed by atoms with Gasteiger partial charge in [-0.1, -0.05) is 11.3 Å². The Balaban J connectivity index is 1.81. The summed E-state index contributed by atoms with van der Waals surface area (Å²) in [5, 5.41) is 12.7. The van der Waals surface area contributed by atoms with Gasteiger partial charge in [-0.2, -0.15) is 9.61 Å². The average molecular weight is 304 g/mol. The highest BCUT2D eigenvalue weighted by Crippen LogP contribution is 2.13. The Morgan fingerprint density at radius 1 is 1.38 bits per heavy atom. The SMILES string of the molecule is O=C(O)c1cncc(OCc2cc(=O)n3ncsc3n2)c1. The summed E-state index contributed by atoms with van der Waals surface area (Å²) >= 11 is 1.24. The number of aromatic carboxylic acids is 1. The molecule has 8 nitrogen and oxygen atoms in total. The highest BCUT2D eigenvalue weighted by Gasteiger charge is 2.07. The molecule has 0 aromatic carbocycles. The lowest BCUT2D eigenvalue weighted by atomic mass is 10.3. The number of hydrogen-bond donors (Lipinski definition) is 1. The average Bonchev–Trinajstić information content (AvgIpc) is 2.94. The molecule has 0 bridgehead atoms. The van der Waals surface area contributed by atoms with Crippen LogP contribution in [0, 0.1) is 0 Å². The summed E-state index contributed by atoms with van der Waals surface area (Å²) in [4.78, 5) is 31.0. The van der Waals surface area contributed by atoms with E-state index in [9.17, 15) is 9.59 Å². The quantitative estimate of drug-likeness (QED) is 0.760. The second kappa shape index (κ2) is 5.29. The zero-order valence-electron chi connectivity index (χ0n) is 10.5. The number of pyridine rings is 1. The first-order valence-electron chi connectivity index (χ1n) is 5.77. The molecule has 106 valence electrons. The molecule has 3 aromatic rings. The Kier molecular flexibility index (Phi) is 3.32. The topological polar surface area (TPSA) is 107 Å². The van der Waals surface area contributed by atoms with Crippen LogP contribution in [-0.4, -0.2) is 30.7 Å². The molecule has 0 fully saturated rings. The summed E-state index contributed by atoms with van der Waals surface area (Å²) in [6.45, 7) is 0.0361. The number of fused-ring (bicyclic) bond motifs is 1. The van der Waals surface area contributed by atoms with Crippen LogP contribution in [0.4, 0.5) is 0 Å². The minimum Gasteiger partial charge on any atom is -0.486 e. The lowest BCUT2D eigenvalue weighted by Crippen LogP contribution is -2.16. The van der Waals surface area contributed by atoms with Gasteiger partial charge in [-0.05, 0) is 6.07 Å². The fourth-order valence-corrected chi connectivity index (χ4v) is 2.29. The van der Waals surface area contributed by atoms with E-state index in [4.69, 9.17) is 9.84 Å². The lowest BCUT2D eigenvalue weighted by molar-refractivity contribution is 0.0696. The van der Waals surface area contributed by atoms with Crippen LogP contribution in [0.5, 0.6) is 5.75 Å². The number of aromatic nitrogens is 4. The third-order valence-electron chi connectivity index (χ3n) is 2.59. The van der Waals surface area contributed by atoms with Gasteiger partial charge in [-0.25, -0.2) is 9.78 Å². The van der Waals surface area contributed by atoms with Gasteiger partial charge in [0.2, 0.25) is 4.96 Å². The number of carbonyl (C=O) groups is 1. The van der Waals surface area contributed by atoms with Crippen LogP contribution in [0.1, 0.15) is 16.1 Å². The summed E-state index contributed by atoms with van der Waals surface area (Å²) in [6.07, 6.45) is 2.62. The molecular formula is C12H8N4O4S. The Labute approximate surface area is 121 Å². The number of carboxylic acid groups (broad SMARTS) is 1. The molecule has 9 heteroatoms. The van der Waals surface area contributed by atoms with Gasteiger partial charge in [-0.15, -0.1) is 0 Å². The van der Waals surface area contributed by atoms with Gasteiger partial charge in [0.25, 0.3) is 5.56 Å². The van der Waals surface area contributed by atoms with Crippen molar-refractivity contribution in [3.8, 4) is 5.75 Å². The van der Waals surface area contributed by atoms with Gasteiger partial charge in [0, 0.05) is 12.3 Å². The second-order valence-electron chi connectivity index (χ2n) is 4.02. The molecule has 0 atom stereocenters. The maximum absolute atomic E-state index is 11.7. The molecule has 0 saturated heterocycles. The van der Waals surface area contributed by atoms with Gasteiger partial charge >= 0.3 is 5.97 Å². The summed E-state index contributed by atoms with van der Waals surface area (Å²) < 4.78 is 6.61. The molecule has 0 aliphatic carbocycles. The minimum absolute atomic E-state index is 0.0263. The fraction of sp³-hybridized carbons (Fsp3) is 0.0833. The molecule has 3 heterocycles. The molecule has 1 N–H and O–H groups in total. The van der Waals surface area contributed by atoms with E-state index in [1.54, 1.807) is 0 Å². The number of rotatable bonds is 4. The largest absolute Gasteiger partial charge is 0.486 e. The molecule has 0 saturated carbocycles.